The molecule has 1 aromatic rings. The van der Waals surface area contributed by atoms with Crippen molar-refractivity contribution in [3.8, 4) is 0 Å². The van der Waals surface area contributed by atoms with Crippen molar-refractivity contribution in [1.82, 2.24) is 0 Å². The molecule has 0 aliphatic rings. The van der Waals surface area contributed by atoms with E-state index in [1.54, 1.807) is 18.5 Å². The van der Waals surface area contributed by atoms with E-state index in [0.717, 1.165) is 25.1 Å². The first-order chi connectivity index (χ1) is 9.50. The number of aromatic nitrogens is 1. The van der Waals surface area contributed by atoms with E-state index in [2.05, 4.69) is 13.8 Å². The zero-order chi connectivity index (χ0) is 16.3. The van der Waals surface area contributed by atoms with Gasteiger partial charge in [0.05, 0.1) is 0 Å². The maximum atomic E-state index is 11.7. The average molecular weight is 335 g/mol. The normalized spacial score (nSPS) is 19.0. The molecule has 6 nitrogen and oxygen atoms in total. The van der Waals surface area contributed by atoms with E-state index in [-0.39, 0.29) is 6.54 Å². The Kier molecular flexibility index (Phi) is 6.33. The maximum absolute atomic E-state index is 11.7. The van der Waals surface area contributed by atoms with Crippen LogP contribution in [0.25, 0.3) is 0 Å². The SMILES string of the molecule is CC(C)CCc1ccc[n+](CC(P(C)(=O)O)P(=O)([O-])O)c1. The molecule has 0 bridgehead atoms. The van der Waals surface area contributed by atoms with E-state index >= 15 is 0 Å². The summed E-state index contributed by atoms with van der Waals surface area (Å²) in [5, 5.41) is -1.68. The number of hydrogen-bond donors (Lipinski definition) is 2. The van der Waals surface area contributed by atoms with Crippen molar-refractivity contribution in [2.75, 3.05) is 6.66 Å². The lowest BCUT2D eigenvalue weighted by Gasteiger charge is -2.26. The zero-order valence-corrected chi connectivity index (χ0v) is 14.3. The van der Waals surface area contributed by atoms with Crippen LogP contribution in [0.4, 0.5) is 0 Å². The summed E-state index contributed by atoms with van der Waals surface area (Å²) in [6.45, 7) is 4.94. The Morgan fingerprint density at radius 1 is 1.33 bits per heavy atom. The van der Waals surface area contributed by atoms with Gasteiger partial charge in [0.1, 0.15) is 0 Å². The molecule has 0 radical (unpaired) electrons. The Morgan fingerprint density at radius 3 is 2.43 bits per heavy atom. The fourth-order valence-corrected chi connectivity index (χ4v) is 5.06. The van der Waals surface area contributed by atoms with Gasteiger partial charge in [0.25, 0.3) is 0 Å². The third-order valence-electron chi connectivity index (χ3n) is 3.23. The van der Waals surface area contributed by atoms with Gasteiger partial charge in [-0.05, 0) is 24.8 Å². The highest BCUT2D eigenvalue weighted by Crippen LogP contribution is 2.57. The summed E-state index contributed by atoms with van der Waals surface area (Å²) in [5.41, 5.74) is 1.02. The highest BCUT2D eigenvalue weighted by Gasteiger charge is 2.37. The van der Waals surface area contributed by atoms with Gasteiger partial charge in [0.2, 0.25) is 7.37 Å². The van der Waals surface area contributed by atoms with Crippen molar-refractivity contribution >= 4 is 15.0 Å². The van der Waals surface area contributed by atoms with E-state index in [1.807, 2.05) is 6.07 Å². The lowest BCUT2D eigenvalue weighted by Crippen LogP contribution is -2.40. The third-order valence-corrected chi connectivity index (χ3v) is 7.58. The molecule has 0 aromatic carbocycles. The number of aryl methyl sites for hydroxylation is 1. The fourth-order valence-electron chi connectivity index (χ4n) is 2.01. The van der Waals surface area contributed by atoms with Gasteiger partial charge in [-0.3, -0.25) is 4.57 Å². The Labute approximate surface area is 125 Å². The number of pyridine rings is 1. The van der Waals surface area contributed by atoms with Crippen LogP contribution in [0.3, 0.4) is 0 Å². The summed E-state index contributed by atoms with van der Waals surface area (Å²) >= 11 is 0. The van der Waals surface area contributed by atoms with Crippen LogP contribution in [0, 0.1) is 5.92 Å². The molecule has 0 saturated heterocycles. The highest BCUT2D eigenvalue weighted by atomic mass is 31.2. The average Bonchev–Trinajstić information content (AvgIpc) is 2.31. The second kappa shape index (κ2) is 7.17. The van der Waals surface area contributed by atoms with Gasteiger partial charge in [-0.15, -0.1) is 0 Å². The highest BCUT2D eigenvalue weighted by molar-refractivity contribution is 7.72. The molecule has 1 aromatic heterocycles. The van der Waals surface area contributed by atoms with Crippen LogP contribution in [-0.4, -0.2) is 21.9 Å². The number of nitrogens with zero attached hydrogens (tertiary/aromatic N) is 1. The maximum Gasteiger partial charge on any atom is 0.215 e. The van der Waals surface area contributed by atoms with Crippen molar-refractivity contribution in [3.05, 3.63) is 30.1 Å². The van der Waals surface area contributed by atoms with Crippen molar-refractivity contribution in [2.45, 2.75) is 38.6 Å². The van der Waals surface area contributed by atoms with Crippen LogP contribution < -0.4 is 9.46 Å². The van der Waals surface area contributed by atoms with Crippen molar-refractivity contribution in [1.29, 1.82) is 0 Å². The molecule has 8 heteroatoms. The predicted molar refractivity (Wildman–Crippen MR) is 79.2 cm³/mol. The van der Waals surface area contributed by atoms with Gasteiger partial charge < -0.3 is 19.2 Å². The van der Waals surface area contributed by atoms with Crippen molar-refractivity contribution in [2.24, 2.45) is 5.92 Å². The smallest absolute Gasteiger partial charge is 0.215 e. The minimum Gasteiger partial charge on any atom is -0.778 e. The third kappa shape index (κ3) is 6.41. The summed E-state index contributed by atoms with van der Waals surface area (Å²) in [6, 6.07) is 3.69. The molecule has 1 heterocycles. The van der Waals surface area contributed by atoms with Crippen LogP contribution in [0.1, 0.15) is 25.8 Å². The van der Waals surface area contributed by atoms with Crippen LogP contribution in [0.5, 0.6) is 0 Å². The molecule has 21 heavy (non-hydrogen) atoms. The molecule has 0 spiro atoms. The van der Waals surface area contributed by atoms with Gasteiger partial charge in [-0.2, -0.15) is 0 Å². The lowest BCUT2D eigenvalue weighted by atomic mass is 10.0. The minimum absolute atomic E-state index is 0.239. The summed E-state index contributed by atoms with van der Waals surface area (Å²) in [4.78, 5) is 30.0. The first kappa shape index (κ1) is 18.5. The van der Waals surface area contributed by atoms with E-state index in [1.165, 1.54) is 4.57 Å². The van der Waals surface area contributed by atoms with Gasteiger partial charge in [0.15, 0.2) is 31.9 Å². The summed E-state index contributed by atoms with van der Waals surface area (Å²) < 4.78 is 24.5. The molecule has 0 amide bonds. The molecule has 0 saturated carbocycles. The molecule has 0 aliphatic heterocycles. The van der Waals surface area contributed by atoms with Gasteiger partial charge >= 0.3 is 0 Å². The molecule has 3 atom stereocenters. The predicted octanol–water partition coefficient (Wildman–Crippen LogP) is 1.33. The van der Waals surface area contributed by atoms with Gasteiger partial charge in [-0.25, -0.2) is 4.57 Å². The molecule has 1 rings (SSSR count). The van der Waals surface area contributed by atoms with Crippen LogP contribution in [0.15, 0.2) is 24.5 Å². The molecule has 2 N–H and O–H groups in total. The van der Waals surface area contributed by atoms with Crippen LogP contribution in [-0.2, 0) is 22.1 Å². The quantitative estimate of drug-likeness (QED) is 0.578. The van der Waals surface area contributed by atoms with Crippen LogP contribution >= 0.6 is 15.0 Å². The Balaban J connectivity index is 2.93. The zero-order valence-electron chi connectivity index (χ0n) is 12.5. The van der Waals surface area contributed by atoms with Crippen molar-refractivity contribution < 1.29 is 28.4 Å². The van der Waals surface area contributed by atoms with Crippen molar-refractivity contribution in [3.63, 3.8) is 0 Å². The molecule has 3 unspecified atom stereocenters. The molecular formula is C13H23NO5P2. The second-order valence-corrected chi connectivity index (χ2v) is 10.5. The fraction of sp³-hybridized carbons (Fsp3) is 0.615. The summed E-state index contributed by atoms with van der Waals surface area (Å²) in [7, 11) is -8.85. The lowest BCUT2D eigenvalue weighted by molar-refractivity contribution is -0.695. The number of rotatable bonds is 7. The minimum atomic E-state index is -4.89. The first-order valence-corrected chi connectivity index (χ1v) is 10.6. The van der Waals surface area contributed by atoms with Gasteiger partial charge in [0, 0.05) is 18.3 Å². The van der Waals surface area contributed by atoms with E-state index in [4.69, 9.17) is 0 Å². The summed E-state index contributed by atoms with van der Waals surface area (Å²) in [5.74, 6) is 0.555. The molecular weight excluding hydrogens is 312 g/mol. The van der Waals surface area contributed by atoms with Gasteiger partial charge in [-0.1, -0.05) is 13.8 Å². The molecule has 120 valence electrons. The molecule has 0 aliphatic carbocycles. The standard InChI is InChI=1S/C13H23NO5P2/c1-11(2)6-7-12-5-4-8-14(9-12)10-13(20(3,15)16)21(17,18)19/h4-5,8-9,11,13H,6-7,10H2,1-3H3,(H2-,15,16,17,18,19). The Hall–Kier alpha value is -0.510. The topological polar surface area (TPSA) is 102 Å². The molecule has 0 fully saturated rings. The van der Waals surface area contributed by atoms with E-state index < -0.39 is 20.4 Å². The largest absolute Gasteiger partial charge is 0.778 e. The monoisotopic (exact) mass is 335 g/mol. The summed E-state index contributed by atoms with van der Waals surface area (Å²) in [6.07, 6.45) is 5.22. The number of hydrogen-bond acceptors (Lipinski definition) is 3. The van der Waals surface area contributed by atoms with E-state index in [9.17, 15) is 23.8 Å². The second-order valence-electron chi connectivity index (χ2n) is 5.83. The van der Waals surface area contributed by atoms with E-state index in [0.29, 0.717) is 5.92 Å². The Morgan fingerprint density at radius 2 is 1.95 bits per heavy atom. The Bertz CT molecular complexity index is 541. The first-order valence-electron chi connectivity index (χ1n) is 6.81. The van der Waals surface area contributed by atoms with Crippen LogP contribution in [0.2, 0.25) is 0 Å².